The third-order valence-electron chi connectivity index (χ3n) is 7.31. The summed E-state index contributed by atoms with van der Waals surface area (Å²) in [6.45, 7) is 5.81. The molecule has 6 rings (SSSR count). The number of amides is 1. The van der Waals surface area contributed by atoms with E-state index in [-0.39, 0.29) is 0 Å². The molecule has 0 spiro atoms. The van der Waals surface area contributed by atoms with E-state index in [9.17, 15) is 9.59 Å². The Morgan fingerprint density at radius 3 is 2.56 bits per heavy atom. The Hall–Kier alpha value is -4.40. The molecule has 3 heterocycles. The smallest absolute Gasteiger partial charge is 0.339 e. The molecular formula is C33H30N4O3S. The van der Waals surface area contributed by atoms with Crippen LogP contribution in [0.4, 0.5) is 5.13 Å². The van der Waals surface area contributed by atoms with Crippen LogP contribution in [0.15, 0.2) is 84.2 Å². The van der Waals surface area contributed by atoms with Crippen LogP contribution < -0.4 is 5.32 Å². The van der Waals surface area contributed by atoms with Gasteiger partial charge in [0, 0.05) is 53.6 Å². The number of rotatable bonds is 7. The van der Waals surface area contributed by atoms with E-state index >= 15 is 0 Å². The molecule has 2 aromatic heterocycles. The lowest BCUT2D eigenvalue weighted by Crippen LogP contribution is -2.34. The average Bonchev–Trinajstić information content (AvgIpc) is 3.45. The van der Waals surface area contributed by atoms with Gasteiger partial charge in [0.15, 0.2) is 11.2 Å². The van der Waals surface area contributed by atoms with Gasteiger partial charge < -0.3 is 4.74 Å². The second kappa shape index (κ2) is 11.6. The first kappa shape index (κ1) is 26.8. The van der Waals surface area contributed by atoms with E-state index < -0.39 is 18.0 Å². The molecule has 1 atom stereocenters. The number of carbonyl (C=O) groups excluding carboxylic acids is 2. The molecule has 1 aliphatic rings. The first-order chi connectivity index (χ1) is 19.9. The Labute approximate surface area is 242 Å². The number of carbonyl (C=O) groups is 2. The minimum atomic E-state index is -1.01. The van der Waals surface area contributed by atoms with Crippen molar-refractivity contribution in [2.24, 2.45) is 0 Å². The molecule has 0 aliphatic carbocycles. The number of para-hydroxylation sites is 1. The lowest BCUT2D eigenvalue weighted by Gasteiger charge is -2.30. The quantitative estimate of drug-likeness (QED) is 0.231. The van der Waals surface area contributed by atoms with Gasteiger partial charge in [-0.25, -0.2) is 9.78 Å². The minimum Gasteiger partial charge on any atom is -0.449 e. The molecule has 8 heteroatoms. The molecule has 0 fully saturated rings. The van der Waals surface area contributed by atoms with Crippen molar-refractivity contribution < 1.29 is 14.3 Å². The third kappa shape index (κ3) is 5.89. The Morgan fingerprint density at radius 2 is 1.76 bits per heavy atom. The highest BCUT2D eigenvalue weighted by Gasteiger charge is 2.29. The van der Waals surface area contributed by atoms with E-state index in [0.29, 0.717) is 17.2 Å². The lowest BCUT2D eigenvalue weighted by atomic mass is 9.95. The molecule has 0 saturated carbocycles. The predicted octanol–water partition coefficient (Wildman–Crippen LogP) is 6.41. The summed E-state index contributed by atoms with van der Waals surface area (Å²) in [6, 6.07) is 25.9. The van der Waals surface area contributed by atoms with Gasteiger partial charge in [0.05, 0.1) is 16.8 Å². The number of fused-ring (bicyclic) bond motifs is 2. The zero-order valence-corrected chi connectivity index (χ0v) is 23.8. The summed E-state index contributed by atoms with van der Waals surface area (Å²) in [7, 11) is 0. The Kier molecular flexibility index (Phi) is 7.59. The van der Waals surface area contributed by atoms with Crippen molar-refractivity contribution >= 4 is 39.2 Å². The maximum absolute atomic E-state index is 13.7. The van der Waals surface area contributed by atoms with Crippen LogP contribution >= 0.6 is 11.3 Å². The summed E-state index contributed by atoms with van der Waals surface area (Å²) in [5, 5.41) is 5.89. The highest BCUT2D eigenvalue weighted by Crippen LogP contribution is 2.30. The van der Waals surface area contributed by atoms with Gasteiger partial charge in [-0.2, -0.15) is 0 Å². The summed E-state index contributed by atoms with van der Waals surface area (Å²) < 4.78 is 5.78. The maximum Gasteiger partial charge on any atom is 0.339 e. The fourth-order valence-electron chi connectivity index (χ4n) is 5.12. The summed E-state index contributed by atoms with van der Waals surface area (Å²) >= 11 is 1.33. The van der Waals surface area contributed by atoms with Gasteiger partial charge in [-0.1, -0.05) is 78.4 Å². The Bertz CT molecular complexity index is 1720. The van der Waals surface area contributed by atoms with Crippen LogP contribution in [0.25, 0.3) is 22.2 Å². The van der Waals surface area contributed by atoms with Crippen LogP contribution in [-0.2, 0) is 29.0 Å². The SMILES string of the molecule is Cc1ccc(-c2csc(NC(=O)C(C)OC(=O)c3c4c(nc5ccccc35)CCN(Cc3ccccc3)C4)n2)cc1. The van der Waals surface area contributed by atoms with Crippen LogP contribution in [-0.4, -0.2) is 39.4 Å². The first-order valence-corrected chi connectivity index (χ1v) is 14.5. The van der Waals surface area contributed by atoms with E-state index in [1.807, 2.05) is 79.0 Å². The molecule has 1 N–H and O–H groups in total. The van der Waals surface area contributed by atoms with Crippen molar-refractivity contribution in [2.45, 2.75) is 39.5 Å². The second-order valence-corrected chi connectivity index (χ2v) is 11.2. The van der Waals surface area contributed by atoms with Crippen LogP contribution in [0.1, 0.15) is 39.7 Å². The molecule has 1 unspecified atom stereocenters. The molecule has 206 valence electrons. The van der Waals surface area contributed by atoms with Crippen molar-refractivity contribution in [3.05, 3.63) is 112 Å². The highest BCUT2D eigenvalue weighted by atomic mass is 32.1. The number of thiazole rings is 1. The molecule has 3 aromatic carbocycles. The number of nitrogens with zero attached hydrogens (tertiary/aromatic N) is 3. The normalized spacial score (nSPS) is 13.9. The summed E-state index contributed by atoms with van der Waals surface area (Å²) in [6.07, 6.45) is -0.280. The van der Waals surface area contributed by atoms with Crippen molar-refractivity contribution in [3.63, 3.8) is 0 Å². The van der Waals surface area contributed by atoms with Crippen molar-refractivity contribution in [1.82, 2.24) is 14.9 Å². The van der Waals surface area contributed by atoms with Crippen LogP contribution in [0.5, 0.6) is 0 Å². The van der Waals surface area contributed by atoms with E-state index in [2.05, 4.69) is 27.3 Å². The van der Waals surface area contributed by atoms with Gasteiger partial charge in [0.2, 0.25) is 0 Å². The second-order valence-electron chi connectivity index (χ2n) is 10.3. The molecule has 1 aliphatic heterocycles. The number of aromatic nitrogens is 2. The van der Waals surface area contributed by atoms with E-state index in [4.69, 9.17) is 9.72 Å². The highest BCUT2D eigenvalue weighted by molar-refractivity contribution is 7.14. The number of anilines is 1. The zero-order chi connectivity index (χ0) is 28.3. The number of pyridine rings is 1. The molecule has 41 heavy (non-hydrogen) atoms. The zero-order valence-electron chi connectivity index (χ0n) is 23.0. The van der Waals surface area contributed by atoms with Gasteiger partial charge in [0.25, 0.3) is 5.91 Å². The van der Waals surface area contributed by atoms with Gasteiger partial charge in [-0.15, -0.1) is 11.3 Å². The van der Waals surface area contributed by atoms with Crippen molar-refractivity contribution in [2.75, 3.05) is 11.9 Å². The molecule has 1 amide bonds. The van der Waals surface area contributed by atoms with E-state index in [0.717, 1.165) is 52.9 Å². The van der Waals surface area contributed by atoms with E-state index in [1.165, 1.54) is 22.5 Å². The number of ether oxygens (including phenoxy) is 1. The molecule has 0 saturated heterocycles. The van der Waals surface area contributed by atoms with Crippen LogP contribution in [0.2, 0.25) is 0 Å². The fraction of sp³-hybridized carbons (Fsp3) is 0.212. The van der Waals surface area contributed by atoms with Crippen LogP contribution in [0, 0.1) is 6.92 Å². The van der Waals surface area contributed by atoms with Gasteiger partial charge in [-0.3, -0.25) is 20.0 Å². The van der Waals surface area contributed by atoms with Gasteiger partial charge in [-0.05, 0) is 25.5 Å². The van der Waals surface area contributed by atoms with Gasteiger partial charge in [0.1, 0.15) is 0 Å². The standard InChI is InChI=1S/C33H30N4O3S/c1-21-12-14-24(15-13-21)29-20-41-33(35-29)36-31(38)22(2)40-32(39)30-25-10-6-7-11-27(25)34-28-16-17-37(19-26(28)30)18-23-8-4-3-5-9-23/h3-15,20,22H,16-19H2,1-2H3,(H,35,36,38). The lowest BCUT2D eigenvalue weighted by molar-refractivity contribution is -0.123. The predicted molar refractivity (Wildman–Crippen MR) is 162 cm³/mol. The molecule has 0 radical (unpaired) electrons. The summed E-state index contributed by atoms with van der Waals surface area (Å²) in [4.78, 5) is 38.5. The summed E-state index contributed by atoms with van der Waals surface area (Å²) in [5.74, 6) is -0.954. The number of esters is 1. The van der Waals surface area contributed by atoms with Gasteiger partial charge >= 0.3 is 5.97 Å². The summed E-state index contributed by atoms with van der Waals surface area (Å²) in [5.41, 5.74) is 7.14. The largest absolute Gasteiger partial charge is 0.449 e. The number of aryl methyl sites for hydroxylation is 1. The Balaban J connectivity index is 1.20. The number of benzene rings is 3. The Morgan fingerprint density at radius 1 is 1.00 bits per heavy atom. The minimum absolute atomic E-state index is 0.430. The van der Waals surface area contributed by atoms with E-state index in [1.54, 1.807) is 6.92 Å². The fourth-order valence-corrected chi connectivity index (χ4v) is 5.85. The van der Waals surface area contributed by atoms with Crippen LogP contribution in [0.3, 0.4) is 0 Å². The molecule has 7 nitrogen and oxygen atoms in total. The van der Waals surface area contributed by atoms with Crippen molar-refractivity contribution in [3.8, 4) is 11.3 Å². The molecule has 5 aromatic rings. The average molecular weight is 563 g/mol. The third-order valence-corrected chi connectivity index (χ3v) is 8.07. The monoisotopic (exact) mass is 562 g/mol. The number of hydrogen-bond donors (Lipinski definition) is 1. The maximum atomic E-state index is 13.7. The number of nitrogens with one attached hydrogen (secondary N) is 1. The molecule has 0 bridgehead atoms. The number of hydrogen-bond acceptors (Lipinski definition) is 7. The topological polar surface area (TPSA) is 84.4 Å². The molecular weight excluding hydrogens is 532 g/mol. The first-order valence-electron chi connectivity index (χ1n) is 13.7. The van der Waals surface area contributed by atoms with Crippen molar-refractivity contribution in [1.29, 1.82) is 0 Å².